The highest BCUT2D eigenvalue weighted by molar-refractivity contribution is 6.33. The Hall–Kier alpha value is -2.10. The summed E-state index contributed by atoms with van der Waals surface area (Å²) in [6, 6.07) is 3.66. The number of carbonyl (C=O) groups is 2. The third kappa shape index (κ3) is 2.06. The first-order valence-electron chi connectivity index (χ1n) is 7.37. The van der Waals surface area contributed by atoms with Crippen molar-refractivity contribution >= 4 is 23.2 Å². The molecule has 4 nitrogen and oxygen atoms in total. The van der Waals surface area contributed by atoms with Crippen LogP contribution in [0.1, 0.15) is 37.3 Å². The van der Waals surface area contributed by atoms with Gasteiger partial charge in [-0.2, -0.15) is 0 Å². The zero-order valence-corrected chi connectivity index (χ0v) is 12.7. The molecule has 2 aliphatic rings. The number of anilines is 2. The molecule has 0 fully saturated rings. The molecule has 3 rings (SSSR count). The lowest BCUT2D eigenvalue weighted by atomic mass is 9.86. The molecule has 0 saturated heterocycles. The molecule has 0 radical (unpaired) electrons. The number of nitrogens with zero attached hydrogens (tertiary/aromatic N) is 1. The lowest BCUT2D eigenvalue weighted by Gasteiger charge is -2.19. The van der Waals surface area contributed by atoms with Crippen LogP contribution < -0.4 is 10.6 Å². The molecule has 0 aromatic heterocycles. The first-order valence-corrected chi connectivity index (χ1v) is 7.37. The van der Waals surface area contributed by atoms with Crippen LogP contribution in [-0.4, -0.2) is 11.8 Å². The van der Waals surface area contributed by atoms with E-state index in [2.05, 4.69) is 6.92 Å². The number of nitrogen functional groups attached to an aromatic ring is 1. The zero-order chi connectivity index (χ0) is 15.3. The summed E-state index contributed by atoms with van der Waals surface area (Å²) >= 11 is 0. The normalized spacial score (nSPS) is 22.0. The van der Waals surface area contributed by atoms with E-state index in [9.17, 15) is 9.59 Å². The van der Waals surface area contributed by atoms with E-state index in [1.165, 1.54) is 4.90 Å². The number of rotatable bonds is 1. The third-order valence-electron chi connectivity index (χ3n) is 4.55. The van der Waals surface area contributed by atoms with E-state index in [4.69, 9.17) is 5.73 Å². The molecular weight excluding hydrogens is 264 g/mol. The predicted molar refractivity (Wildman–Crippen MR) is 82.9 cm³/mol. The van der Waals surface area contributed by atoms with Gasteiger partial charge >= 0.3 is 0 Å². The molecule has 4 heteroatoms. The van der Waals surface area contributed by atoms with E-state index in [1.807, 2.05) is 19.9 Å². The van der Waals surface area contributed by atoms with Gasteiger partial charge in [-0.3, -0.25) is 9.59 Å². The average Bonchev–Trinajstić information content (AvgIpc) is 2.66. The van der Waals surface area contributed by atoms with Crippen LogP contribution in [0.3, 0.4) is 0 Å². The predicted octanol–water partition coefficient (Wildman–Crippen LogP) is 2.88. The monoisotopic (exact) mass is 284 g/mol. The quantitative estimate of drug-likeness (QED) is 0.637. The molecule has 2 amide bonds. The Morgan fingerprint density at radius 3 is 2.48 bits per heavy atom. The Bertz CT molecular complexity index is 688. The number of nitrogens with two attached hydrogens (primary N) is 1. The molecule has 1 atom stereocenters. The first-order chi connectivity index (χ1) is 9.90. The molecule has 1 aliphatic carbocycles. The Balaban J connectivity index is 2.05. The summed E-state index contributed by atoms with van der Waals surface area (Å²) in [5.41, 5.74) is 10.5. The smallest absolute Gasteiger partial charge is 0.261 e. The number of benzene rings is 1. The second kappa shape index (κ2) is 4.72. The largest absolute Gasteiger partial charge is 0.398 e. The topological polar surface area (TPSA) is 63.4 Å². The van der Waals surface area contributed by atoms with Crippen molar-refractivity contribution < 1.29 is 9.59 Å². The summed E-state index contributed by atoms with van der Waals surface area (Å²) in [7, 11) is 0. The lowest BCUT2D eigenvalue weighted by Crippen LogP contribution is -2.32. The van der Waals surface area contributed by atoms with Crippen molar-refractivity contribution in [1.29, 1.82) is 0 Å². The van der Waals surface area contributed by atoms with Gasteiger partial charge in [0.15, 0.2) is 0 Å². The molecular formula is C17H20N2O2. The van der Waals surface area contributed by atoms with E-state index >= 15 is 0 Å². The van der Waals surface area contributed by atoms with Gasteiger partial charge in [0.2, 0.25) is 0 Å². The highest BCUT2D eigenvalue weighted by Gasteiger charge is 2.41. The Morgan fingerprint density at radius 1 is 1.10 bits per heavy atom. The Morgan fingerprint density at radius 2 is 1.76 bits per heavy atom. The minimum absolute atomic E-state index is 0.159. The fourth-order valence-electron chi connectivity index (χ4n) is 3.25. The maximum atomic E-state index is 12.7. The molecule has 110 valence electrons. The van der Waals surface area contributed by atoms with Gasteiger partial charge in [0, 0.05) is 16.8 Å². The number of amides is 2. The maximum Gasteiger partial charge on any atom is 0.261 e. The van der Waals surface area contributed by atoms with Crippen LogP contribution in [0, 0.1) is 19.8 Å². The van der Waals surface area contributed by atoms with Crippen LogP contribution in [-0.2, 0) is 9.59 Å². The Labute approximate surface area is 124 Å². The van der Waals surface area contributed by atoms with Gasteiger partial charge < -0.3 is 5.73 Å². The summed E-state index contributed by atoms with van der Waals surface area (Å²) in [4.78, 5) is 26.6. The number of imide groups is 1. The van der Waals surface area contributed by atoms with Gasteiger partial charge in [0.25, 0.3) is 11.8 Å². The third-order valence-corrected chi connectivity index (χ3v) is 4.55. The lowest BCUT2D eigenvalue weighted by molar-refractivity contribution is -0.120. The highest BCUT2D eigenvalue weighted by Crippen LogP contribution is 2.39. The van der Waals surface area contributed by atoms with E-state index in [0.29, 0.717) is 41.3 Å². The van der Waals surface area contributed by atoms with Crippen molar-refractivity contribution in [2.24, 2.45) is 5.92 Å². The molecule has 1 aliphatic heterocycles. The van der Waals surface area contributed by atoms with Crippen molar-refractivity contribution in [3.8, 4) is 0 Å². The van der Waals surface area contributed by atoms with Crippen molar-refractivity contribution in [1.82, 2.24) is 0 Å². The maximum absolute atomic E-state index is 12.7. The fraction of sp³-hybridized carbons (Fsp3) is 0.412. The summed E-state index contributed by atoms with van der Waals surface area (Å²) in [6.07, 6.45) is 2.38. The molecule has 0 spiro atoms. The minimum atomic E-state index is -0.159. The van der Waals surface area contributed by atoms with E-state index in [1.54, 1.807) is 6.07 Å². The Kier molecular flexibility index (Phi) is 3.12. The fourth-order valence-corrected chi connectivity index (χ4v) is 3.25. The van der Waals surface area contributed by atoms with Gasteiger partial charge in [-0.05, 0) is 56.2 Å². The van der Waals surface area contributed by atoms with Crippen LogP contribution in [0.15, 0.2) is 23.3 Å². The van der Waals surface area contributed by atoms with E-state index in [0.717, 1.165) is 17.5 Å². The number of carbonyl (C=O) groups excluding carboxylic acids is 2. The van der Waals surface area contributed by atoms with Gasteiger partial charge in [-0.15, -0.1) is 0 Å². The van der Waals surface area contributed by atoms with Crippen LogP contribution in [0.4, 0.5) is 11.4 Å². The van der Waals surface area contributed by atoms with E-state index < -0.39 is 0 Å². The number of aryl methyl sites for hydroxylation is 2. The van der Waals surface area contributed by atoms with Gasteiger partial charge in [0.1, 0.15) is 0 Å². The molecule has 1 aromatic carbocycles. The number of hydrogen-bond acceptors (Lipinski definition) is 3. The van der Waals surface area contributed by atoms with Crippen LogP contribution >= 0.6 is 0 Å². The van der Waals surface area contributed by atoms with Crippen molar-refractivity contribution in [3.63, 3.8) is 0 Å². The average molecular weight is 284 g/mol. The molecule has 1 aromatic rings. The number of hydrogen-bond donors (Lipinski definition) is 1. The highest BCUT2D eigenvalue weighted by atomic mass is 16.2. The van der Waals surface area contributed by atoms with Crippen LogP contribution in [0.5, 0.6) is 0 Å². The molecule has 1 unspecified atom stereocenters. The van der Waals surface area contributed by atoms with Crippen molar-refractivity contribution in [2.45, 2.75) is 40.0 Å². The summed E-state index contributed by atoms with van der Waals surface area (Å²) < 4.78 is 0. The van der Waals surface area contributed by atoms with Gasteiger partial charge in [-0.1, -0.05) is 13.0 Å². The zero-order valence-electron chi connectivity index (χ0n) is 12.7. The minimum Gasteiger partial charge on any atom is -0.398 e. The molecule has 0 bridgehead atoms. The standard InChI is InChI=1S/C17H20N2O2/c1-9-4-5-12-13(6-9)17(21)19(16(12)20)15-8-14(18)10(2)7-11(15)3/h7-9H,4-6,18H2,1-3H3. The van der Waals surface area contributed by atoms with Crippen molar-refractivity contribution in [3.05, 3.63) is 34.4 Å². The SMILES string of the molecule is Cc1cc(C)c(N2C(=O)C3=C(CC(C)CC3)C2=O)cc1N. The second-order valence-corrected chi connectivity index (χ2v) is 6.25. The van der Waals surface area contributed by atoms with Gasteiger partial charge in [0.05, 0.1) is 5.69 Å². The molecule has 1 heterocycles. The molecule has 21 heavy (non-hydrogen) atoms. The van der Waals surface area contributed by atoms with Crippen LogP contribution in [0.2, 0.25) is 0 Å². The van der Waals surface area contributed by atoms with E-state index in [-0.39, 0.29) is 11.8 Å². The first kappa shape index (κ1) is 13.9. The van der Waals surface area contributed by atoms with Crippen molar-refractivity contribution in [2.75, 3.05) is 10.6 Å². The second-order valence-electron chi connectivity index (χ2n) is 6.25. The van der Waals surface area contributed by atoms with Gasteiger partial charge in [-0.25, -0.2) is 4.90 Å². The molecule has 0 saturated carbocycles. The molecule has 2 N–H and O–H groups in total. The summed E-state index contributed by atoms with van der Waals surface area (Å²) in [5, 5.41) is 0. The van der Waals surface area contributed by atoms with Crippen LogP contribution in [0.25, 0.3) is 0 Å². The summed E-state index contributed by atoms with van der Waals surface area (Å²) in [6.45, 7) is 5.95. The summed E-state index contributed by atoms with van der Waals surface area (Å²) in [5.74, 6) is 0.144.